The number of carbonyl (C=O) groups excluding carboxylic acids is 1. The number of hydrogen-bond donors (Lipinski definition) is 2. The molecule has 1 aromatic heterocycles. The van der Waals surface area contributed by atoms with Gasteiger partial charge in [0.1, 0.15) is 5.69 Å². The Labute approximate surface area is 154 Å². The Morgan fingerprint density at radius 3 is 2.48 bits per heavy atom. The van der Waals surface area contributed by atoms with Crippen LogP contribution in [0.5, 0.6) is 0 Å². The van der Waals surface area contributed by atoms with Gasteiger partial charge in [0.25, 0.3) is 5.91 Å². The molecule has 0 bridgehead atoms. The number of H-pyrrole nitrogens is 1. The topological polar surface area (TPSA) is 70.1 Å². The SMILES string of the molecule is CC(=NNC(=O)c1[nH]nc(-c2ccccc2)c1C)c1ccc(Br)cc1. The van der Waals surface area contributed by atoms with Crippen LogP contribution in [0.2, 0.25) is 0 Å². The quantitative estimate of drug-likeness (QED) is 0.509. The summed E-state index contributed by atoms with van der Waals surface area (Å²) in [6.45, 7) is 3.71. The van der Waals surface area contributed by atoms with E-state index in [4.69, 9.17) is 0 Å². The molecule has 0 saturated heterocycles. The number of rotatable bonds is 4. The van der Waals surface area contributed by atoms with Gasteiger partial charge in [0.15, 0.2) is 0 Å². The van der Waals surface area contributed by atoms with Gasteiger partial charge in [0, 0.05) is 15.6 Å². The van der Waals surface area contributed by atoms with Crippen molar-refractivity contribution in [1.29, 1.82) is 0 Å². The fraction of sp³-hybridized carbons (Fsp3) is 0.105. The van der Waals surface area contributed by atoms with Crippen molar-refractivity contribution in [2.75, 3.05) is 0 Å². The summed E-state index contributed by atoms with van der Waals surface area (Å²) in [4.78, 5) is 12.4. The van der Waals surface area contributed by atoms with Crippen LogP contribution in [0.4, 0.5) is 0 Å². The number of carbonyl (C=O) groups is 1. The molecule has 6 heteroatoms. The van der Waals surface area contributed by atoms with E-state index < -0.39 is 0 Å². The largest absolute Gasteiger partial charge is 0.289 e. The van der Waals surface area contributed by atoms with E-state index in [0.29, 0.717) is 5.69 Å². The van der Waals surface area contributed by atoms with Gasteiger partial charge in [-0.15, -0.1) is 0 Å². The molecule has 2 aromatic carbocycles. The van der Waals surface area contributed by atoms with Crippen molar-refractivity contribution in [1.82, 2.24) is 15.6 Å². The molecule has 0 aliphatic heterocycles. The second kappa shape index (κ2) is 7.44. The van der Waals surface area contributed by atoms with E-state index in [2.05, 4.69) is 36.7 Å². The Morgan fingerprint density at radius 2 is 1.80 bits per heavy atom. The van der Waals surface area contributed by atoms with Crippen LogP contribution in [0.1, 0.15) is 28.5 Å². The first-order valence-electron chi connectivity index (χ1n) is 7.77. The maximum absolute atomic E-state index is 12.4. The molecule has 0 atom stereocenters. The summed E-state index contributed by atoms with van der Waals surface area (Å²) in [6, 6.07) is 17.5. The van der Waals surface area contributed by atoms with Gasteiger partial charge >= 0.3 is 0 Å². The molecule has 0 radical (unpaired) electrons. The van der Waals surface area contributed by atoms with Crippen LogP contribution >= 0.6 is 15.9 Å². The minimum atomic E-state index is -0.316. The number of nitrogens with zero attached hydrogens (tertiary/aromatic N) is 2. The third kappa shape index (κ3) is 3.85. The molecule has 25 heavy (non-hydrogen) atoms. The Bertz CT molecular complexity index is 914. The van der Waals surface area contributed by atoms with Crippen molar-refractivity contribution in [2.24, 2.45) is 5.10 Å². The van der Waals surface area contributed by atoms with Crippen molar-refractivity contribution in [3.05, 3.63) is 75.9 Å². The molecule has 2 N–H and O–H groups in total. The van der Waals surface area contributed by atoms with Crippen LogP contribution in [-0.2, 0) is 0 Å². The molecule has 0 spiro atoms. The Kier molecular flexibility index (Phi) is 5.09. The molecule has 0 unspecified atom stereocenters. The van der Waals surface area contributed by atoms with Gasteiger partial charge < -0.3 is 0 Å². The van der Waals surface area contributed by atoms with Crippen LogP contribution in [0.25, 0.3) is 11.3 Å². The zero-order valence-electron chi connectivity index (χ0n) is 13.9. The van der Waals surface area contributed by atoms with Gasteiger partial charge in [-0.1, -0.05) is 58.4 Å². The average Bonchev–Trinajstić information content (AvgIpc) is 3.02. The van der Waals surface area contributed by atoms with Crippen molar-refractivity contribution in [3.63, 3.8) is 0 Å². The van der Waals surface area contributed by atoms with Gasteiger partial charge in [-0.25, -0.2) is 5.43 Å². The van der Waals surface area contributed by atoms with Gasteiger partial charge in [-0.2, -0.15) is 10.2 Å². The number of amides is 1. The number of aromatic nitrogens is 2. The second-order valence-corrected chi connectivity index (χ2v) is 6.50. The highest BCUT2D eigenvalue weighted by Crippen LogP contribution is 2.22. The summed E-state index contributed by atoms with van der Waals surface area (Å²) >= 11 is 3.40. The van der Waals surface area contributed by atoms with Crippen LogP contribution in [-0.4, -0.2) is 21.8 Å². The molecular formula is C19H17BrN4O. The van der Waals surface area contributed by atoms with Crippen LogP contribution < -0.4 is 5.43 Å². The Morgan fingerprint density at radius 1 is 1.12 bits per heavy atom. The van der Waals surface area contributed by atoms with E-state index in [1.807, 2.05) is 68.4 Å². The fourth-order valence-electron chi connectivity index (χ4n) is 2.44. The second-order valence-electron chi connectivity index (χ2n) is 5.58. The van der Waals surface area contributed by atoms with Gasteiger partial charge in [0.2, 0.25) is 0 Å². The van der Waals surface area contributed by atoms with Crippen molar-refractivity contribution in [2.45, 2.75) is 13.8 Å². The molecule has 0 saturated carbocycles. The average molecular weight is 397 g/mol. The maximum atomic E-state index is 12.4. The lowest BCUT2D eigenvalue weighted by Gasteiger charge is -2.03. The monoisotopic (exact) mass is 396 g/mol. The number of hydrogen-bond acceptors (Lipinski definition) is 3. The van der Waals surface area contributed by atoms with E-state index in [9.17, 15) is 4.79 Å². The number of aromatic amines is 1. The smallest absolute Gasteiger partial charge is 0.272 e. The first-order valence-corrected chi connectivity index (χ1v) is 8.56. The van der Waals surface area contributed by atoms with Crippen molar-refractivity contribution >= 4 is 27.5 Å². The molecule has 3 aromatic rings. The summed E-state index contributed by atoms with van der Waals surface area (Å²) in [5.41, 5.74) is 7.17. The number of benzene rings is 2. The van der Waals surface area contributed by atoms with Gasteiger partial charge in [-0.05, 0) is 31.5 Å². The molecule has 0 fully saturated rings. The van der Waals surface area contributed by atoms with E-state index in [0.717, 1.165) is 32.6 Å². The van der Waals surface area contributed by atoms with E-state index in [1.54, 1.807) is 0 Å². The zero-order chi connectivity index (χ0) is 17.8. The van der Waals surface area contributed by atoms with Crippen LogP contribution in [0.15, 0.2) is 64.2 Å². The van der Waals surface area contributed by atoms with Gasteiger partial charge in [-0.3, -0.25) is 9.89 Å². The summed E-state index contributed by atoms with van der Waals surface area (Å²) in [5.74, 6) is -0.316. The van der Waals surface area contributed by atoms with Crippen LogP contribution in [0, 0.1) is 6.92 Å². The predicted octanol–water partition coefficient (Wildman–Crippen LogP) is 4.30. The predicted molar refractivity (Wildman–Crippen MR) is 103 cm³/mol. The standard InChI is InChI=1S/C19H17BrN4O/c1-12-17(15-6-4-3-5-7-15)22-23-18(12)19(25)24-21-13(2)14-8-10-16(20)11-9-14/h3-11H,1-2H3,(H,22,23)(H,24,25). The van der Waals surface area contributed by atoms with E-state index in [1.165, 1.54) is 0 Å². The number of nitrogens with one attached hydrogen (secondary N) is 2. The molecular weight excluding hydrogens is 380 g/mol. The molecule has 0 aliphatic carbocycles. The van der Waals surface area contributed by atoms with Crippen LogP contribution in [0.3, 0.4) is 0 Å². The first-order chi connectivity index (χ1) is 12.1. The lowest BCUT2D eigenvalue weighted by molar-refractivity contribution is 0.0949. The third-order valence-electron chi connectivity index (χ3n) is 3.87. The highest BCUT2D eigenvalue weighted by Gasteiger charge is 2.16. The molecule has 126 valence electrons. The first kappa shape index (κ1) is 17.1. The lowest BCUT2D eigenvalue weighted by Crippen LogP contribution is -2.20. The molecule has 5 nitrogen and oxygen atoms in total. The summed E-state index contributed by atoms with van der Waals surface area (Å²) in [5, 5.41) is 11.2. The molecule has 3 rings (SSSR count). The van der Waals surface area contributed by atoms with E-state index >= 15 is 0 Å². The third-order valence-corrected chi connectivity index (χ3v) is 4.40. The Balaban J connectivity index is 1.77. The summed E-state index contributed by atoms with van der Waals surface area (Å²) < 4.78 is 0.995. The fourth-order valence-corrected chi connectivity index (χ4v) is 2.71. The summed E-state index contributed by atoms with van der Waals surface area (Å²) in [6.07, 6.45) is 0. The summed E-state index contributed by atoms with van der Waals surface area (Å²) in [7, 11) is 0. The highest BCUT2D eigenvalue weighted by molar-refractivity contribution is 9.10. The van der Waals surface area contributed by atoms with Crippen molar-refractivity contribution in [3.8, 4) is 11.3 Å². The molecule has 1 amide bonds. The zero-order valence-corrected chi connectivity index (χ0v) is 15.5. The lowest BCUT2D eigenvalue weighted by atomic mass is 10.1. The molecule has 0 aliphatic rings. The minimum absolute atomic E-state index is 0.316. The van der Waals surface area contributed by atoms with Crippen molar-refractivity contribution < 1.29 is 4.79 Å². The number of halogens is 1. The normalized spacial score (nSPS) is 11.4. The highest BCUT2D eigenvalue weighted by atomic mass is 79.9. The minimum Gasteiger partial charge on any atom is -0.272 e. The number of hydrazone groups is 1. The Hall–Kier alpha value is -2.73. The van der Waals surface area contributed by atoms with E-state index in [-0.39, 0.29) is 5.91 Å². The molecule has 1 heterocycles. The maximum Gasteiger partial charge on any atom is 0.289 e. The van der Waals surface area contributed by atoms with Gasteiger partial charge in [0.05, 0.1) is 11.4 Å².